The molecule has 0 saturated heterocycles. The molecule has 3 nitrogen and oxygen atoms in total. The summed E-state index contributed by atoms with van der Waals surface area (Å²) in [5.74, 6) is 0. The van der Waals surface area contributed by atoms with Crippen molar-refractivity contribution < 1.29 is 0 Å². The average molecular weight is 428 g/mol. The number of hydrogen-bond acceptors (Lipinski definition) is 3. The number of para-hydroxylation sites is 1. The standard InChI is InChI=1S/C30H25N3/c31-28-25(21-13-5-1-6-14-21)29(32)27(23-17-9-3-10-18-23)30(33-24-19-11-4-12-20-24)26(28)22-15-7-2-8-16-22/h1-20,33H,31-32H2. The van der Waals surface area contributed by atoms with E-state index in [9.17, 15) is 0 Å². The van der Waals surface area contributed by atoms with Gasteiger partial charge in [-0.25, -0.2) is 0 Å². The van der Waals surface area contributed by atoms with E-state index in [4.69, 9.17) is 11.5 Å². The lowest BCUT2D eigenvalue weighted by Crippen LogP contribution is -2.07. The van der Waals surface area contributed by atoms with Crippen molar-refractivity contribution in [3.05, 3.63) is 121 Å². The zero-order valence-corrected chi connectivity index (χ0v) is 18.2. The van der Waals surface area contributed by atoms with E-state index in [2.05, 4.69) is 41.7 Å². The molecule has 0 atom stereocenters. The van der Waals surface area contributed by atoms with E-state index in [-0.39, 0.29) is 0 Å². The third kappa shape index (κ3) is 3.92. The van der Waals surface area contributed by atoms with Crippen LogP contribution in [-0.4, -0.2) is 0 Å². The molecule has 0 aliphatic carbocycles. The second kappa shape index (κ2) is 8.93. The summed E-state index contributed by atoms with van der Waals surface area (Å²) < 4.78 is 0. The molecule has 5 rings (SSSR count). The van der Waals surface area contributed by atoms with Gasteiger partial charge in [0, 0.05) is 22.4 Å². The molecule has 0 aliphatic rings. The molecule has 0 radical (unpaired) electrons. The molecule has 5 N–H and O–H groups in total. The molecule has 3 heteroatoms. The van der Waals surface area contributed by atoms with Gasteiger partial charge in [-0.15, -0.1) is 0 Å². The summed E-state index contributed by atoms with van der Waals surface area (Å²) in [4.78, 5) is 0. The zero-order chi connectivity index (χ0) is 22.6. The molecule has 0 spiro atoms. The molecule has 160 valence electrons. The Morgan fingerprint density at radius 1 is 0.394 bits per heavy atom. The number of rotatable bonds is 5. The van der Waals surface area contributed by atoms with E-state index >= 15 is 0 Å². The van der Waals surface area contributed by atoms with Crippen molar-refractivity contribution in [1.29, 1.82) is 0 Å². The third-order valence-corrected chi connectivity index (χ3v) is 5.81. The van der Waals surface area contributed by atoms with Crippen LogP contribution in [-0.2, 0) is 0 Å². The average Bonchev–Trinajstić information content (AvgIpc) is 2.87. The van der Waals surface area contributed by atoms with Gasteiger partial charge in [-0.05, 0) is 28.8 Å². The monoisotopic (exact) mass is 427 g/mol. The fraction of sp³-hybridized carbons (Fsp3) is 0. The zero-order valence-electron chi connectivity index (χ0n) is 18.2. The SMILES string of the molecule is Nc1c(-c2ccccc2)c(N)c(-c2ccccc2)c(Nc2ccccc2)c1-c1ccccc1. The summed E-state index contributed by atoms with van der Waals surface area (Å²) >= 11 is 0. The van der Waals surface area contributed by atoms with E-state index in [1.54, 1.807) is 0 Å². The van der Waals surface area contributed by atoms with Gasteiger partial charge in [-0.1, -0.05) is 109 Å². The summed E-state index contributed by atoms with van der Waals surface area (Å²) in [7, 11) is 0. The largest absolute Gasteiger partial charge is 0.398 e. The van der Waals surface area contributed by atoms with Gasteiger partial charge in [-0.2, -0.15) is 0 Å². The molecule has 0 fully saturated rings. The Balaban J connectivity index is 1.90. The second-order valence-electron chi connectivity index (χ2n) is 7.92. The lowest BCUT2D eigenvalue weighted by molar-refractivity contribution is 1.51. The highest BCUT2D eigenvalue weighted by atomic mass is 14.9. The fourth-order valence-corrected chi connectivity index (χ4v) is 4.31. The van der Waals surface area contributed by atoms with Crippen molar-refractivity contribution in [2.24, 2.45) is 0 Å². The minimum absolute atomic E-state index is 0.656. The van der Waals surface area contributed by atoms with Crippen LogP contribution in [0.25, 0.3) is 33.4 Å². The molecule has 0 unspecified atom stereocenters. The van der Waals surface area contributed by atoms with E-state index < -0.39 is 0 Å². The molecule has 5 aromatic rings. The van der Waals surface area contributed by atoms with E-state index in [1.807, 2.05) is 84.9 Å². The number of nitrogens with two attached hydrogens (primary N) is 2. The third-order valence-electron chi connectivity index (χ3n) is 5.81. The van der Waals surface area contributed by atoms with Crippen LogP contribution in [0.5, 0.6) is 0 Å². The van der Waals surface area contributed by atoms with Crippen molar-refractivity contribution in [2.75, 3.05) is 16.8 Å². The molecule has 0 heterocycles. The van der Waals surface area contributed by atoms with E-state index in [0.29, 0.717) is 11.4 Å². The van der Waals surface area contributed by atoms with Gasteiger partial charge < -0.3 is 16.8 Å². The van der Waals surface area contributed by atoms with Crippen LogP contribution in [0.2, 0.25) is 0 Å². The summed E-state index contributed by atoms with van der Waals surface area (Å²) in [5.41, 5.74) is 22.8. The number of hydrogen-bond donors (Lipinski definition) is 3. The van der Waals surface area contributed by atoms with Gasteiger partial charge in [-0.3, -0.25) is 0 Å². The van der Waals surface area contributed by atoms with Gasteiger partial charge in [0.25, 0.3) is 0 Å². The Labute approximate surface area is 194 Å². The van der Waals surface area contributed by atoms with Crippen molar-refractivity contribution in [3.63, 3.8) is 0 Å². The number of anilines is 4. The molecule has 33 heavy (non-hydrogen) atoms. The number of nitrogens with one attached hydrogen (secondary N) is 1. The van der Waals surface area contributed by atoms with Crippen LogP contribution in [0.3, 0.4) is 0 Å². The first kappa shape index (κ1) is 20.4. The highest BCUT2D eigenvalue weighted by molar-refractivity contribution is 6.11. The maximum absolute atomic E-state index is 6.93. The van der Waals surface area contributed by atoms with Crippen LogP contribution < -0.4 is 16.8 Å². The van der Waals surface area contributed by atoms with Gasteiger partial charge in [0.2, 0.25) is 0 Å². The van der Waals surface area contributed by atoms with Crippen molar-refractivity contribution in [3.8, 4) is 33.4 Å². The van der Waals surface area contributed by atoms with E-state index in [1.165, 1.54) is 0 Å². The van der Waals surface area contributed by atoms with Gasteiger partial charge in [0.15, 0.2) is 0 Å². The maximum atomic E-state index is 6.93. The predicted octanol–water partition coefficient (Wildman–Crippen LogP) is 7.60. The summed E-state index contributed by atoms with van der Waals surface area (Å²) in [6.45, 7) is 0. The molecule has 0 amide bonds. The Kier molecular flexibility index (Phi) is 5.52. The number of nitrogen functional groups attached to an aromatic ring is 2. The highest BCUT2D eigenvalue weighted by Crippen LogP contribution is 2.51. The first-order valence-electron chi connectivity index (χ1n) is 11.0. The van der Waals surface area contributed by atoms with Gasteiger partial charge >= 0.3 is 0 Å². The Morgan fingerprint density at radius 2 is 0.727 bits per heavy atom. The summed E-state index contributed by atoms with van der Waals surface area (Å²) in [6, 6.07) is 40.7. The molecule has 0 bridgehead atoms. The van der Waals surface area contributed by atoms with Gasteiger partial charge in [0.1, 0.15) is 0 Å². The van der Waals surface area contributed by atoms with E-state index in [0.717, 1.165) is 44.8 Å². The second-order valence-corrected chi connectivity index (χ2v) is 7.92. The van der Waals surface area contributed by atoms with Crippen LogP contribution in [0.1, 0.15) is 0 Å². The summed E-state index contributed by atoms with van der Waals surface area (Å²) in [5, 5.41) is 3.64. The minimum Gasteiger partial charge on any atom is -0.398 e. The molecule has 0 aliphatic heterocycles. The predicted molar refractivity (Wildman–Crippen MR) is 141 cm³/mol. The number of benzene rings is 5. The van der Waals surface area contributed by atoms with Crippen LogP contribution in [0.4, 0.5) is 22.7 Å². The van der Waals surface area contributed by atoms with Crippen molar-refractivity contribution in [1.82, 2.24) is 0 Å². The summed E-state index contributed by atoms with van der Waals surface area (Å²) in [6.07, 6.45) is 0. The Hall–Kier alpha value is -4.50. The smallest absolute Gasteiger partial charge is 0.0585 e. The first-order chi connectivity index (χ1) is 16.2. The minimum atomic E-state index is 0.656. The molecule has 0 aromatic heterocycles. The van der Waals surface area contributed by atoms with Gasteiger partial charge in [0.05, 0.1) is 17.1 Å². The molecule has 0 saturated carbocycles. The van der Waals surface area contributed by atoms with Crippen molar-refractivity contribution >= 4 is 22.7 Å². The normalized spacial score (nSPS) is 10.7. The molecular weight excluding hydrogens is 402 g/mol. The molecular formula is C30H25N3. The highest BCUT2D eigenvalue weighted by Gasteiger charge is 2.24. The lowest BCUT2D eigenvalue weighted by atomic mass is 9.87. The van der Waals surface area contributed by atoms with Crippen LogP contribution in [0, 0.1) is 0 Å². The lowest BCUT2D eigenvalue weighted by Gasteiger charge is -2.25. The topological polar surface area (TPSA) is 64.1 Å². The Bertz CT molecular complexity index is 1300. The quantitative estimate of drug-likeness (QED) is 0.253. The molecule has 5 aromatic carbocycles. The van der Waals surface area contributed by atoms with Crippen LogP contribution >= 0.6 is 0 Å². The Morgan fingerprint density at radius 3 is 1.12 bits per heavy atom. The maximum Gasteiger partial charge on any atom is 0.0585 e. The van der Waals surface area contributed by atoms with Crippen molar-refractivity contribution in [2.45, 2.75) is 0 Å². The van der Waals surface area contributed by atoms with Crippen LogP contribution in [0.15, 0.2) is 121 Å². The first-order valence-corrected chi connectivity index (χ1v) is 11.0. The fourth-order valence-electron chi connectivity index (χ4n) is 4.31.